The molecule has 3 rings (SSSR count). The number of anilines is 2. The summed E-state index contributed by atoms with van der Waals surface area (Å²) in [6, 6.07) is 6.52. The summed E-state index contributed by atoms with van der Waals surface area (Å²) in [7, 11) is 0. The standard InChI is InChI=1S/C27H30N4O9/c1-15-7-17(8-16(2)19(15)13-33)26(39)29-20-10-30(24(36)14-34)21-5-3-4-6-22(21)31(27(20)40)11-23(35)28-18(12-32)9-25(37)38/h3-8,12,18,20,33-34H,9-11,13-14H2,1-2H3,(H,28,35)(H,29,39)(H,37,38)/t18?,20-/m0/s1. The summed E-state index contributed by atoms with van der Waals surface area (Å²) in [6.45, 7) is 1.33. The third-order valence-electron chi connectivity index (χ3n) is 6.46. The van der Waals surface area contributed by atoms with E-state index in [1.165, 1.54) is 12.1 Å². The van der Waals surface area contributed by atoms with Crippen molar-refractivity contribution in [3.8, 4) is 0 Å². The van der Waals surface area contributed by atoms with Crippen molar-refractivity contribution in [2.75, 3.05) is 29.5 Å². The van der Waals surface area contributed by atoms with E-state index in [0.717, 1.165) is 9.80 Å². The largest absolute Gasteiger partial charge is 0.481 e. The van der Waals surface area contributed by atoms with Crippen LogP contribution in [0, 0.1) is 13.8 Å². The maximum absolute atomic E-state index is 13.8. The minimum atomic E-state index is -1.36. The molecule has 0 fully saturated rings. The second-order valence-electron chi connectivity index (χ2n) is 9.26. The van der Waals surface area contributed by atoms with Gasteiger partial charge in [-0.15, -0.1) is 0 Å². The summed E-state index contributed by atoms with van der Waals surface area (Å²) in [6.07, 6.45) is -0.397. The second-order valence-corrected chi connectivity index (χ2v) is 9.26. The van der Waals surface area contributed by atoms with Gasteiger partial charge in [-0.2, -0.15) is 0 Å². The van der Waals surface area contributed by atoms with E-state index in [9.17, 15) is 39.0 Å². The number of amides is 4. The predicted octanol–water partition coefficient (Wildman–Crippen LogP) is -0.575. The van der Waals surface area contributed by atoms with Crippen LogP contribution < -0.4 is 20.4 Å². The summed E-state index contributed by atoms with van der Waals surface area (Å²) >= 11 is 0. The van der Waals surface area contributed by atoms with Gasteiger partial charge in [-0.3, -0.25) is 28.9 Å². The van der Waals surface area contributed by atoms with Crippen molar-refractivity contribution in [3.63, 3.8) is 0 Å². The zero-order chi connectivity index (χ0) is 29.6. The highest BCUT2D eigenvalue weighted by Crippen LogP contribution is 2.33. The molecule has 13 nitrogen and oxygen atoms in total. The van der Waals surface area contributed by atoms with Crippen LogP contribution in [0.3, 0.4) is 0 Å². The van der Waals surface area contributed by atoms with E-state index in [1.807, 2.05) is 0 Å². The number of nitrogens with one attached hydrogen (secondary N) is 2. The first-order valence-corrected chi connectivity index (χ1v) is 12.3. The fraction of sp³-hybridized carbons (Fsp3) is 0.333. The molecule has 0 spiro atoms. The number of carbonyl (C=O) groups excluding carboxylic acids is 5. The number of aliphatic hydroxyl groups excluding tert-OH is 2. The van der Waals surface area contributed by atoms with E-state index in [2.05, 4.69) is 10.6 Å². The number of para-hydroxylation sites is 2. The Hall–Kier alpha value is -4.62. The molecule has 13 heteroatoms. The molecule has 212 valence electrons. The number of hydrogen-bond donors (Lipinski definition) is 5. The molecule has 2 aromatic rings. The molecule has 0 saturated heterocycles. The highest BCUT2D eigenvalue weighted by molar-refractivity contribution is 6.11. The number of rotatable bonds is 10. The van der Waals surface area contributed by atoms with Gasteiger partial charge in [0.05, 0.1) is 37.0 Å². The van der Waals surface area contributed by atoms with Crippen molar-refractivity contribution >= 4 is 47.3 Å². The van der Waals surface area contributed by atoms with Gasteiger partial charge in [0, 0.05) is 5.56 Å². The fourth-order valence-electron chi connectivity index (χ4n) is 4.51. The average molecular weight is 555 g/mol. The molecule has 2 aromatic carbocycles. The van der Waals surface area contributed by atoms with Crippen molar-refractivity contribution in [2.45, 2.75) is 39.0 Å². The van der Waals surface area contributed by atoms with Gasteiger partial charge in [0.1, 0.15) is 25.5 Å². The highest BCUT2D eigenvalue weighted by Gasteiger charge is 2.37. The van der Waals surface area contributed by atoms with E-state index in [1.54, 1.807) is 38.1 Å². The lowest BCUT2D eigenvalue weighted by Gasteiger charge is -2.25. The highest BCUT2D eigenvalue weighted by atomic mass is 16.4. The van der Waals surface area contributed by atoms with Gasteiger partial charge in [0.2, 0.25) is 5.91 Å². The zero-order valence-electron chi connectivity index (χ0n) is 21.9. The maximum Gasteiger partial charge on any atom is 0.305 e. The number of carboxylic acids is 1. The van der Waals surface area contributed by atoms with Gasteiger partial charge in [0.25, 0.3) is 17.7 Å². The summed E-state index contributed by atoms with van der Waals surface area (Å²) in [5.74, 6) is -4.33. The first-order valence-electron chi connectivity index (χ1n) is 12.3. The Morgan fingerprint density at radius 3 is 2.25 bits per heavy atom. The van der Waals surface area contributed by atoms with Crippen LogP contribution in [-0.4, -0.2) is 83.0 Å². The number of fused-ring (bicyclic) bond motifs is 1. The van der Waals surface area contributed by atoms with Crippen LogP contribution in [0.15, 0.2) is 36.4 Å². The number of carbonyl (C=O) groups is 6. The van der Waals surface area contributed by atoms with Crippen molar-refractivity contribution in [1.29, 1.82) is 0 Å². The molecule has 1 aliphatic rings. The number of aryl methyl sites for hydroxylation is 2. The summed E-state index contributed by atoms with van der Waals surface area (Å²) in [5.41, 5.74) is 2.50. The Kier molecular flexibility index (Phi) is 9.69. The lowest BCUT2D eigenvalue weighted by Crippen LogP contribution is -2.55. The molecule has 40 heavy (non-hydrogen) atoms. The normalized spacial score (nSPS) is 15.5. The second kappa shape index (κ2) is 13.0. The minimum absolute atomic E-state index is 0.126. The van der Waals surface area contributed by atoms with Crippen LogP contribution in [0.2, 0.25) is 0 Å². The van der Waals surface area contributed by atoms with Crippen LogP contribution in [0.25, 0.3) is 0 Å². The molecule has 4 amide bonds. The SMILES string of the molecule is Cc1cc(C(=O)N[C@H]2CN(C(=O)CO)c3ccccc3N(CC(=O)NC(C=O)CC(=O)O)C2=O)cc(C)c1CO. The van der Waals surface area contributed by atoms with Crippen molar-refractivity contribution < 1.29 is 44.1 Å². The molecule has 0 saturated carbocycles. The zero-order valence-corrected chi connectivity index (χ0v) is 21.9. The lowest BCUT2D eigenvalue weighted by molar-refractivity contribution is -0.139. The van der Waals surface area contributed by atoms with Crippen LogP contribution in [0.5, 0.6) is 0 Å². The predicted molar refractivity (Wildman–Crippen MR) is 142 cm³/mol. The van der Waals surface area contributed by atoms with Gasteiger partial charge in [0.15, 0.2) is 0 Å². The van der Waals surface area contributed by atoms with Crippen LogP contribution in [-0.2, 0) is 30.6 Å². The van der Waals surface area contributed by atoms with Gasteiger partial charge < -0.3 is 35.6 Å². The first kappa shape index (κ1) is 29.9. The van der Waals surface area contributed by atoms with Gasteiger partial charge in [-0.25, -0.2) is 0 Å². The lowest BCUT2D eigenvalue weighted by atomic mass is 9.99. The van der Waals surface area contributed by atoms with Crippen LogP contribution >= 0.6 is 0 Å². The summed E-state index contributed by atoms with van der Waals surface area (Å²) in [4.78, 5) is 76.9. The molecule has 5 N–H and O–H groups in total. The third-order valence-corrected chi connectivity index (χ3v) is 6.46. The van der Waals surface area contributed by atoms with Gasteiger partial charge >= 0.3 is 5.97 Å². The number of nitrogens with zero attached hydrogens (tertiary/aromatic N) is 2. The van der Waals surface area contributed by atoms with Gasteiger partial charge in [-0.05, 0) is 54.8 Å². The van der Waals surface area contributed by atoms with Gasteiger partial charge in [-0.1, -0.05) is 12.1 Å². The number of aldehydes is 1. The molecule has 0 aromatic heterocycles. The Bertz CT molecular complexity index is 1320. The van der Waals surface area contributed by atoms with E-state index in [0.29, 0.717) is 16.7 Å². The van der Waals surface area contributed by atoms with E-state index >= 15 is 0 Å². The molecular weight excluding hydrogens is 524 g/mol. The average Bonchev–Trinajstić information content (AvgIpc) is 3.02. The fourth-order valence-corrected chi connectivity index (χ4v) is 4.51. The number of aliphatic carboxylic acids is 1. The number of hydrogen-bond acceptors (Lipinski definition) is 8. The third kappa shape index (κ3) is 6.68. The van der Waals surface area contributed by atoms with Crippen molar-refractivity contribution in [3.05, 3.63) is 58.7 Å². The molecule has 0 aliphatic carbocycles. The molecular formula is C27H30N4O9. The summed E-state index contributed by atoms with van der Waals surface area (Å²) in [5, 5.41) is 33.0. The Labute approximate surface area is 229 Å². The van der Waals surface area contributed by atoms with Crippen LogP contribution in [0.4, 0.5) is 11.4 Å². The molecule has 2 atom stereocenters. The van der Waals surface area contributed by atoms with Crippen molar-refractivity contribution in [1.82, 2.24) is 10.6 Å². The smallest absolute Gasteiger partial charge is 0.305 e. The van der Waals surface area contributed by atoms with E-state index < -0.39 is 61.3 Å². The number of carboxylic acid groups (broad SMARTS) is 1. The van der Waals surface area contributed by atoms with E-state index in [-0.39, 0.29) is 36.4 Å². The Morgan fingerprint density at radius 1 is 1.07 bits per heavy atom. The molecule has 1 aliphatic heterocycles. The minimum Gasteiger partial charge on any atom is -0.481 e. The molecule has 0 bridgehead atoms. The maximum atomic E-state index is 13.8. The molecule has 1 heterocycles. The quantitative estimate of drug-likeness (QED) is 0.239. The summed E-state index contributed by atoms with van der Waals surface area (Å²) < 4.78 is 0. The Balaban J connectivity index is 1.98. The first-order chi connectivity index (χ1) is 19.0. The Morgan fingerprint density at radius 2 is 1.70 bits per heavy atom. The monoisotopic (exact) mass is 554 g/mol. The van der Waals surface area contributed by atoms with Crippen molar-refractivity contribution in [2.24, 2.45) is 0 Å². The topological polar surface area (TPSA) is 194 Å². The number of aliphatic hydroxyl groups is 2. The molecule has 0 radical (unpaired) electrons. The van der Waals surface area contributed by atoms with Crippen LogP contribution in [0.1, 0.15) is 33.5 Å². The molecule has 1 unspecified atom stereocenters. The number of benzene rings is 2. The van der Waals surface area contributed by atoms with E-state index in [4.69, 9.17) is 5.11 Å².